The quantitative estimate of drug-likeness (QED) is 0.437. The Labute approximate surface area is 219 Å². The lowest BCUT2D eigenvalue weighted by molar-refractivity contribution is -0.115. The molecule has 0 radical (unpaired) electrons. The molecule has 0 bridgehead atoms. The van der Waals surface area contributed by atoms with Crippen LogP contribution in [0.25, 0.3) is 11.8 Å². The summed E-state index contributed by atoms with van der Waals surface area (Å²) in [6.45, 7) is 13.3. The number of aromatic nitrogens is 2. The SMILES string of the molecule is CC.CCN(c1ccc(C)cc1)N1CCO/C(=C\c2ccc(-n3cnc(C)c3)c(OC)c2)C1=NC(C)=O. The third-order valence-electron chi connectivity index (χ3n) is 5.70. The Morgan fingerprint density at radius 2 is 1.92 bits per heavy atom. The van der Waals surface area contributed by atoms with Gasteiger partial charge in [0, 0.05) is 19.7 Å². The zero-order chi connectivity index (χ0) is 26.9. The number of hydrogen-bond acceptors (Lipinski definition) is 5. The number of carbonyl (C=O) groups is 1. The van der Waals surface area contributed by atoms with E-state index in [1.165, 1.54) is 12.5 Å². The second-order valence-electron chi connectivity index (χ2n) is 8.34. The van der Waals surface area contributed by atoms with E-state index in [9.17, 15) is 4.79 Å². The number of rotatable bonds is 6. The standard InChI is InChI=1S/C27H31N5O3.C2H6/c1-6-31(23-10-7-19(2)8-11-23)32-13-14-35-26(27(32)29-21(4)33)16-22-9-12-24(25(15-22)34-5)30-17-20(3)28-18-30;1-2/h7-12,15-18H,6,13-14H2,1-5H3;1-2H3/b26-16-,29-27?;. The van der Waals surface area contributed by atoms with Crippen LogP contribution in [-0.2, 0) is 9.53 Å². The van der Waals surface area contributed by atoms with E-state index in [0.717, 1.165) is 22.6 Å². The van der Waals surface area contributed by atoms with Crippen molar-refractivity contribution in [2.45, 2.75) is 41.5 Å². The molecule has 0 spiro atoms. The van der Waals surface area contributed by atoms with Crippen LogP contribution in [-0.4, -0.2) is 53.1 Å². The monoisotopic (exact) mass is 503 g/mol. The second-order valence-corrected chi connectivity index (χ2v) is 8.34. The summed E-state index contributed by atoms with van der Waals surface area (Å²) in [5, 5.41) is 4.13. The van der Waals surface area contributed by atoms with Gasteiger partial charge in [-0.3, -0.25) is 14.8 Å². The van der Waals surface area contributed by atoms with Crippen LogP contribution in [0.3, 0.4) is 0 Å². The number of aliphatic imine (C=N–C) groups is 1. The first-order valence-electron chi connectivity index (χ1n) is 12.6. The molecule has 2 heterocycles. The predicted octanol–water partition coefficient (Wildman–Crippen LogP) is 5.58. The second kappa shape index (κ2) is 12.8. The zero-order valence-corrected chi connectivity index (χ0v) is 22.9. The third-order valence-corrected chi connectivity index (χ3v) is 5.70. The molecule has 8 heteroatoms. The Morgan fingerprint density at radius 3 is 2.51 bits per heavy atom. The molecule has 0 N–H and O–H groups in total. The van der Waals surface area contributed by atoms with Crippen LogP contribution in [0.15, 0.2) is 65.7 Å². The van der Waals surface area contributed by atoms with E-state index in [4.69, 9.17) is 9.47 Å². The van der Waals surface area contributed by atoms with Gasteiger partial charge in [0.15, 0.2) is 11.6 Å². The first kappa shape index (κ1) is 27.5. The zero-order valence-electron chi connectivity index (χ0n) is 22.9. The summed E-state index contributed by atoms with van der Waals surface area (Å²) in [6, 6.07) is 14.2. The van der Waals surface area contributed by atoms with E-state index in [1.807, 2.05) is 60.8 Å². The number of ether oxygens (including phenoxy) is 2. The molecule has 4 rings (SSSR count). The minimum atomic E-state index is -0.287. The number of amidine groups is 1. The molecule has 0 atom stereocenters. The number of aryl methyl sites for hydroxylation is 2. The normalized spacial score (nSPS) is 15.2. The molecule has 8 nitrogen and oxygen atoms in total. The van der Waals surface area contributed by atoms with Gasteiger partial charge in [-0.25, -0.2) is 4.98 Å². The highest BCUT2D eigenvalue weighted by Crippen LogP contribution is 2.28. The predicted molar refractivity (Wildman–Crippen MR) is 149 cm³/mol. The van der Waals surface area contributed by atoms with Gasteiger partial charge in [-0.2, -0.15) is 4.99 Å². The van der Waals surface area contributed by atoms with Crippen molar-refractivity contribution in [3.8, 4) is 11.4 Å². The summed E-state index contributed by atoms with van der Waals surface area (Å²) in [6.07, 6.45) is 5.60. The molecule has 3 aromatic rings. The van der Waals surface area contributed by atoms with Crippen molar-refractivity contribution in [3.63, 3.8) is 0 Å². The van der Waals surface area contributed by atoms with Crippen molar-refractivity contribution in [3.05, 3.63) is 77.6 Å². The van der Waals surface area contributed by atoms with Gasteiger partial charge < -0.3 is 14.0 Å². The Kier molecular flexibility index (Phi) is 9.49. The summed E-state index contributed by atoms with van der Waals surface area (Å²) in [5.74, 6) is 1.43. The maximum atomic E-state index is 12.1. The van der Waals surface area contributed by atoms with Crippen molar-refractivity contribution >= 4 is 23.5 Å². The molecule has 1 amide bonds. The topological polar surface area (TPSA) is 72.2 Å². The summed E-state index contributed by atoms with van der Waals surface area (Å²) < 4.78 is 13.6. The Morgan fingerprint density at radius 1 is 1.19 bits per heavy atom. The van der Waals surface area contributed by atoms with Crippen LogP contribution in [0.1, 0.15) is 44.5 Å². The molecule has 1 aliphatic rings. The minimum absolute atomic E-state index is 0.287. The molecule has 1 aromatic heterocycles. The van der Waals surface area contributed by atoms with Crippen molar-refractivity contribution < 1.29 is 14.3 Å². The number of benzene rings is 2. The van der Waals surface area contributed by atoms with Crippen LogP contribution >= 0.6 is 0 Å². The molecular weight excluding hydrogens is 466 g/mol. The molecular formula is C29H37N5O3. The van der Waals surface area contributed by atoms with Gasteiger partial charge >= 0.3 is 0 Å². The lowest BCUT2D eigenvalue weighted by Gasteiger charge is -2.41. The number of carbonyl (C=O) groups excluding carboxylic acids is 1. The highest BCUT2D eigenvalue weighted by atomic mass is 16.5. The maximum absolute atomic E-state index is 12.1. The summed E-state index contributed by atoms with van der Waals surface area (Å²) in [4.78, 5) is 20.8. The average molecular weight is 504 g/mol. The van der Waals surface area contributed by atoms with Crippen molar-refractivity contribution in [2.75, 3.05) is 31.8 Å². The van der Waals surface area contributed by atoms with Gasteiger partial charge in [0.2, 0.25) is 5.91 Å². The van der Waals surface area contributed by atoms with Gasteiger partial charge in [0.1, 0.15) is 12.4 Å². The van der Waals surface area contributed by atoms with E-state index in [-0.39, 0.29) is 5.91 Å². The van der Waals surface area contributed by atoms with Crippen LogP contribution in [0.4, 0.5) is 5.69 Å². The average Bonchev–Trinajstić information content (AvgIpc) is 3.34. The van der Waals surface area contributed by atoms with E-state index >= 15 is 0 Å². The number of imidazole rings is 1. The molecule has 0 unspecified atom stereocenters. The van der Waals surface area contributed by atoms with Crippen molar-refractivity contribution in [2.24, 2.45) is 4.99 Å². The van der Waals surface area contributed by atoms with Gasteiger partial charge in [-0.05, 0) is 56.7 Å². The number of morpholine rings is 1. The smallest absolute Gasteiger partial charge is 0.244 e. The van der Waals surface area contributed by atoms with E-state index in [1.54, 1.807) is 13.4 Å². The summed E-state index contributed by atoms with van der Waals surface area (Å²) in [5.41, 5.74) is 4.89. The first-order chi connectivity index (χ1) is 17.9. The van der Waals surface area contributed by atoms with E-state index in [0.29, 0.717) is 37.0 Å². The fraction of sp³-hybridized carbons (Fsp3) is 0.345. The number of methoxy groups -OCH3 is 1. The van der Waals surface area contributed by atoms with Crippen molar-refractivity contribution in [1.82, 2.24) is 14.6 Å². The molecule has 196 valence electrons. The maximum Gasteiger partial charge on any atom is 0.244 e. The van der Waals surface area contributed by atoms with Crippen LogP contribution in [0.2, 0.25) is 0 Å². The number of amides is 1. The first-order valence-corrected chi connectivity index (χ1v) is 12.6. The van der Waals surface area contributed by atoms with Gasteiger partial charge in [0.25, 0.3) is 0 Å². The molecule has 37 heavy (non-hydrogen) atoms. The molecule has 1 saturated heterocycles. The number of hydrogen-bond donors (Lipinski definition) is 0. The Hall–Kier alpha value is -4.07. The van der Waals surface area contributed by atoms with Gasteiger partial charge in [0.05, 0.1) is 37.1 Å². The number of hydrazine groups is 1. The molecule has 2 aromatic carbocycles. The number of anilines is 1. The summed E-state index contributed by atoms with van der Waals surface area (Å²) in [7, 11) is 1.64. The summed E-state index contributed by atoms with van der Waals surface area (Å²) >= 11 is 0. The van der Waals surface area contributed by atoms with E-state index in [2.05, 4.69) is 53.1 Å². The largest absolute Gasteiger partial charge is 0.495 e. The highest BCUT2D eigenvalue weighted by molar-refractivity contribution is 6.06. The fourth-order valence-electron chi connectivity index (χ4n) is 4.05. The van der Waals surface area contributed by atoms with Gasteiger partial charge in [-0.1, -0.05) is 37.6 Å². The highest BCUT2D eigenvalue weighted by Gasteiger charge is 2.28. The molecule has 1 aliphatic heterocycles. The lowest BCUT2D eigenvalue weighted by atomic mass is 10.1. The molecule has 1 fully saturated rings. The van der Waals surface area contributed by atoms with Crippen molar-refractivity contribution in [1.29, 1.82) is 0 Å². The third kappa shape index (κ3) is 6.58. The van der Waals surface area contributed by atoms with Gasteiger partial charge in [-0.15, -0.1) is 0 Å². The fourth-order valence-corrected chi connectivity index (χ4v) is 4.05. The Bertz CT molecular complexity index is 1260. The lowest BCUT2D eigenvalue weighted by Crippen LogP contribution is -2.52. The van der Waals surface area contributed by atoms with Crippen LogP contribution < -0.4 is 9.75 Å². The van der Waals surface area contributed by atoms with Crippen LogP contribution in [0, 0.1) is 13.8 Å². The molecule has 0 aliphatic carbocycles. The molecule has 0 saturated carbocycles. The van der Waals surface area contributed by atoms with Crippen LogP contribution in [0.5, 0.6) is 5.75 Å². The van der Waals surface area contributed by atoms with E-state index < -0.39 is 0 Å². The number of nitrogens with zero attached hydrogens (tertiary/aromatic N) is 5. The Balaban J connectivity index is 0.00000186. The minimum Gasteiger partial charge on any atom is -0.495 e.